The van der Waals surface area contributed by atoms with Crippen molar-refractivity contribution in [2.75, 3.05) is 13.1 Å². The number of rotatable bonds is 14. The summed E-state index contributed by atoms with van der Waals surface area (Å²) < 4.78 is 0. The lowest BCUT2D eigenvalue weighted by Crippen LogP contribution is -2.44. The van der Waals surface area contributed by atoms with Gasteiger partial charge in [-0.3, -0.25) is 15.0 Å². The van der Waals surface area contributed by atoms with Crippen LogP contribution in [0.2, 0.25) is 0 Å². The smallest absolute Gasteiger partial charge is 0.326 e. The molecule has 2 heterocycles. The average Bonchev–Trinajstić information content (AvgIpc) is 3.41. The van der Waals surface area contributed by atoms with E-state index in [1.54, 1.807) is 18.3 Å². The number of carbonyl (C=O) groups is 3. The fourth-order valence-corrected chi connectivity index (χ4v) is 3.53. The van der Waals surface area contributed by atoms with E-state index >= 15 is 0 Å². The van der Waals surface area contributed by atoms with Crippen molar-refractivity contribution in [3.05, 3.63) is 35.7 Å². The van der Waals surface area contributed by atoms with E-state index in [9.17, 15) is 19.5 Å². The number of aromatic amines is 1. The Morgan fingerprint density at radius 1 is 1.25 bits per heavy atom. The number of nitrogens with two attached hydrogens (primary N) is 2. The number of nitrogens with one attached hydrogen (secondary N) is 5. The highest BCUT2D eigenvalue weighted by atomic mass is 16.4. The van der Waals surface area contributed by atoms with Crippen LogP contribution in [-0.4, -0.2) is 64.9 Å². The Morgan fingerprint density at radius 2 is 2.03 bits per heavy atom. The zero-order valence-electron chi connectivity index (χ0n) is 18.0. The van der Waals surface area contributed by atoms with Crippen LogP contribution in [-0.2, 0) is 20.8 Å². The molecule has 1 aromatic heterocycles. The van der Waals surface area contributed by atoms with E-state index in [4.69, 9.17) is 16.9 Å². The number of carbonyl (C=O) groups excluding carboxylic acids is 2. The molecule has 11 nitrogen and oxygen atoms in total. The highest BCUT2D eigenvalue weighted by Gasteiger charge is 2.25. The minimum atomic E-state index is -1.08. The number of hydrogen-bond acceptors (Lipinski definition) is 6. The Kier molecular flexibility index (Phi) is 9.89. The summed E-state index contributed by atoms with van der Waals surface area (Å²) in [6.07, 6.45) is 6.31. The van der Waals surface area contributed by atoms with Gasteiger partial charge in [-0.15, -0.1) is 0 Å². The van der Waals surface area contributed by atoms with Crippen LogP contribution in [0, 0.1) is 5.41 Å². The molecule has 2 amide bonds. The van der Waals surface area contributed by atoms with E-state index < -0.39 is 18.1 Å². The van der Waals surface area contributed by atoms with Gasteiger partial charge in [0.15, 0.2) is 0 Å². The van der Waals surface area contributed by atoms with Gasteiger partial charge < -0.3 is 37.5 Å². The fourth-order valence-electron chi connectivity index (χ4n) is 3.53. The zero-order valence-corrected chi connectivity index (χ0v) is 18.0. The summed E-state index contributed by atoms with van der Waals surface area (Å²) in [6, 6.07) is 1.49. The molecule has 0 saturated heterocycles. The van der Waals surface area contributed by atoms with E-state index in [1.165, 1.54) is 0 Å². The first kappa shape index (κ1) is 25.1. The van der Waals surface area contributed by atoms with Crippen molar-refractivity contribution in [1.29, 1.82) is 5.41 Å². The van der Waals surface area contributed by atoms with Crippen LogP contribution in [0.25, 0.3) is 0 Å². The van der Waals surface area contributed by atoms with E-state index in [0.717, 1.165) is 11.3 Å². The predicted octanol–water partition coefficient (Wildman–Crippen LogP) is -0.645. The molecule has 3 unspecified atom stereocenters. The average molecular weight is 448 g/mol. The largest absolute Gasteiger partial charge is 0.480 e. The Labute approximate surface area is 186 Å². The molecule has 3 atom stereocenters. The fraction of sp³-hybridized carbons (Fsp3) is 0.524. The van der Waals surface area contributed by atoms with Crippen molar-refractivity contribution in [2.24, 2.45) is 11.5 Å². The summed E-state index contributed by atoms with van der Waals surface area (Å²) in [5.41, 5.74) is 13.1. The SMILES string of the molecule is N=C(N)C1NCC=C1CC(N)C(=O)NCCCCCC(=O)NC(Cc1ccc[nH]1)C(=O)O. The molecule has 10 N–H and O–H groups in total. The summed E-state index contributed by atoms with van der Waals surface area (Å²) in [7, 11) is 0. The van der Waals surface area contributed by atoms with Gasteiger partial charge in [0.1, 0.15) is 11.9 Å². The maximum atomic E-state index is 12.2. The Bertz CT molecular complexity index is 822. The van der Waals surface area contributed by atoms with E-state index in [2.05, 4.69) is 20.9 Å². The molecule has 0 aliphatic carbocycles. The monoisotopic (exact) mass is 447 g/mol. The van der Waals surface area contributed by atoms with Crippen molar-refractivity contribution >= 4 is 23.6 Å². The van der Waals surface area contributed by atoms with Gasteiger partial charge in [0.2, 0.25) is 11.8 Å². The molecule has 1 aliphatic heterocycles. The normalized spacial score (nSPS) is 17.3. The number of H-pyrrole nitrogens is 1. The van der Waals surface area contributed by atoms with Crippen LogP contribution in [0.3, 0.4) is 0 Å². The lowest BCUT2D eigenvalue weighted by molar-refractivity contribution is -0.141. The summed E-state index contributed by atoms with van der Waals surface area (Å²) in [5, 5.41) is 25.2. The van der Waals surface area contributed by atoms with Crippen LogP contribution in [0.5, 0.6) is 0 Å². The van der Waals surface area contributed by atoms with Gasteiger partial charge in [-0.25, -0.2) is 4.79 Å². The third kappa shape index (κ3) is 8.16. The minimum Gasteiger partial charge on any atom is -0.480 e. The predicted molar refractivity (Wildman–Crippen MR) is 120 cm³/mol. The topological polar surface area (TPSA) is 199 Å². The number of carboxylic acids is 1. The Morgan fingerprint density at radius 3 is 2.69 bits per heavy atom. The third-order valence-corrected chi connectivity index (χ3v) is 5.26. The molecule has 0 spiro atoms. The molecule has 176 valence electrons. The zero-order chi connectivity index (χ0) is 23.5. The molecule has 0 aromatic carbocycles. The summed E-state index contributed by atoms with van der Waals surface area (Å²) >= 11 is 0. The molecule has 1 aliphatic rings. The maximum absolute atomic E-state index is 12.2. The first-order valence-corrected chi connectivity index (χ1v) is 10.7. The molecule has 0 saturated carbocycles. The van der Waals surface area contributed by atoms with Gasteiger partial charge in [0.25, 0.3) is 0 Å². The van der Waals surface area contributed by atoms with Crippen LogP contribution < -0.4 is 27.4 Å². The summed E-state index contributed by atoms with van der Waals surface area (Å²) in [6.45, 7) is 1.03. The first-order chi connectivity index (χ1) is 15.3. The maximum Gasteiger partial charge on any atom is 0.326 e. The molecular formula is C21H33N7O4. The van der Waals surface area contributed by atoms with Crippen LogP contribution in [0.15, 0.2) is 30.0 Å². The Hall–Kier alpha value is -3.18. The van der Waals surface area contributed by atoms with E-state index in [1.807, 2.05) is 6.08 Å². The molecular weight excluding hydrogens is 414 g/mol. The molecule has 0 bridgehead atoms. The number of aliphatic carboxylic acids is 1. The highest BCUT2D eigenvalue weighted by molar-refractivity contribution is 5.87. The highest BCUT2D eigenvalue weighted by Crippen LogP contribution is 2.14. The van der Waals surface area contributed by atoms with Gasteiger partial charge in [-0.2, -0.15) is 0 Å². The first-order valence-electron chi connectivity index (χ1n) is 10.7. The quantitative estimate of drug-likeness (QED) is 0.0801. The van der Waals surface area contributed by atoms with Crippen LogP contribution >= 0.6 is 0 Å². The molecule has 11 heteroatoms. The van der Waals surface area contributed by atoms with Crippen LogP contribution in [0.4, 0.5) is 0 Å². The van der Waals surface area contributed by atoms with Crippen molar-refractivity contribution in [3.8, 4) is 0 Å². The molecule has 2 rings (SSSR count). The van der Waals surface area contributed by atoms with Gasteiger partial charge in [0.05, 0.1) is 12.1 Å². The van der Waals surface area contributed by atoms with Gasteiger partial charge in [-0.05, 0) is 37.0 Å². The second-order valence-electron chi connectivity index (χ2n) is 7.85. The lowest BCUT2D eigenvalue weighted by Gasteiger charge is -2.17. The van der Waals surface area contributed by atoms with E-state index in [0.29, 0.717) is 38.8 Å². The van der Waals surface area contributed by atoms with Crippen LogP contribution in [0.1, 0.15) is 37.8 Å². The number of amides is 2. The summed E-state index contributed by atoms with van der Waals surface area (Å²) in [5.74, 6) is -1.66. The summed E-state index contributed by atoms with van der Waals surface area (Å²) in [4.78, 5) is 38.5. The lowest BCUT2D eigenvalue weighted by atomic mass is 10.0. The number of carboxylic acid groups (broad SMARTS) is 1. The van der Waals surface area contributed by atoms with Gasteiger partial charge >= 0.3 is 5.97 Å². The van der Waals surface area contributed by atoms with Crippen molar-refractivity contribution in [2.45, 2.75) is 56.7 Å². The standard InChI is InChI=1S/C21H33N7O4/c22-15(11-13-7-10-26-18(13)19(23)24)20(30)27-8-3-1-2-6-17(29)28-16(21(31)32)12-14-5-4-9-25-14/h4-5,7,9,15-16,18,25-26H,1-3,6,8,10-12,22H2,(H3,23,24)(H,27,30)(H,28,29)(H,31,32). The van der Waals surface area contributed by atoms with E-state index in [-0.39, 0.29) is 36.5 Å². The number of amidine groups is 1. The van der Waals surface area contributed by atoms with Crippen molar-refractivity contribution < 1.29 is 19.5 Å². The van der Waals surface area contributed by atoms with Crippen molar-refractivity contribution in [3.63, 3.8) is 0 Å². The number of hydrogen-bond donors (Lipinski definition) is 8. The second kappa shape index (κ2) is 12.6. The molecule has 32 heavy (non-hydrogen) atoms. The second-order valence-corrected chi connectivity index (χ2v) is 7.85. The van der Waals surface area contributed by atoms with Gasteiger partial charge in [-0.1, -0.05) is 12.5 Å². The number of aromatic nitrogens is 1. The number of unbranched alkanes of at least 4 members (excludes halogenated alkanes) is 2. The molecule has 0 fully saturated rings. The van der Waals surface area contributed by atoms with Gasteiger partial charge in [0, 0.05) is 37.8 Å². The van der Waals surface area contributed by atoms with Crippen molar-refractivity contribution in [1.82, 2.24) is 20.9 Å². The molecule has 0 radical (unpaired) electrons. The third-order valence-electron chi connectivity index (χ3n) is 5.26. The molecule has 1 aromatic rings. The Balaban J connectivity index is 1.59. The minimum absolute atomic E-state index is 0.00405.